The van der Waals surface area contributed by atoms with Gasteiger partial charge in [0, 0.05) is 16.5 Å². The van der Waals surface area contributed by atoms with Gasteiger partial charge in [-0.2, -0.15) is 0 Å². The molecule has 0 aliphatic heterocycles. The van der Waals surface area contributed by atoms with E-state index in [4.69, 9.17) is 0 Å². The summed E-state index contributed by atoms with van der Waals surface area (Å²) in [5.74, 6) is 0. The summed E-state index contributed by atoms with van der Waals surface area (Å²) in [6, 6.07) is 10.5. The SMILES string of the molecule is Cc1ccc2cccc(NC(C)c3cscn3)c2n1. The Hall–Kier alpha value is -1.94. The Morgan fingerprint density at radius 3 is 2.89 bits per heavy atom. The zero-order valence-electron chi connectivity index (χ0n) is 10.9. The van der Waals surface area contributed by atoms with Gasteiger partial charge in [-0.15, -0.1) is 11.3 Å². The Bertz CT molecular complexity index is 692. The standard InChI is InChI=1S/C15H15N3S/c1-10-6-7-12-4-3-5-13(15(12)17-10)18-11(2)14-8-19-9-16-14/h3-9,11,18H,1-2H3. The molecule has 1 unspecified atom stereocenters. The van der Waals surface area contributed by atoms with Gasteiger partial charge in [0.2, 0.25) is 0 Å². The van der Waals surface area contributed by atoms with Crippen molar-refractivity contribution in [2.45, 2.75) is 19.9 Å². The first-order chi connectivity index (χ1) is 9.24. The number of para-hydroxylation sites is 1. The number of aryl methyl sites for hydroxylation is 1. The molecule has 3 rings (SSSR count). The van der Waals surface area contributed by atoms with E-state index in [9.17, 15) is 0 Å². The molecular weight excluding hydrogens is 254 g/mol. The maximum absolute atomic E-state index is 4.63. The lowest BCUT2D eigenvalue weighted by molar-refractivity contribution is 0.851. The van der Waals surface area contributed by atoms with Gasteiger partial charge in [-0.25, -0.2) is 4.98 Å². The quantitative estimate of drug-likeness (QED) is 0.775. The average Bonchev–Trinajstić information content (AvgIpc) is 2.93. The van der Waals surface area contributed by atoms with Crippen molar-refractivity contribution in [3.63, 3.8) is 0 Å². The fourth-order valence-electron chi connectivity index (χ4n) is 2.10. The number of thiazole rings is 1. The first kappa shape index (κ1) is 12.1. The molecule has 0 bridgehead atoms. The van der Waals surface area contributed by atoms with Crippen LogP contribution in [-0.4, -0.2) is 9.97 Å². The summed E-state index contributed by atoms with van der Waals surface area (Å²) in [7, 11) is 0. The van der Waals surface area contributed by atoms with Crippen LogP contribution in [0.25, 0.3) is 10.9 Å². The minimum Gasteiger partial charge on any atom is -0.375 e. The van der Waals surface area contributed by atoms with Crippen LogP contribution >= 0.6 is 11.3 Å². The number of anilines is 1. The topological polar surface area (TPSA) is 37.8 Å². The molecule has 0 aliphatic carbocycles. The Kier molecular flexibility index (Phi) is 3.17. The Morgan fingerprint density at radius 1 is 1.21 bits per heavy atom. The van der Waals surface area contributed by atoms with Crippen molar-refractivity contribution in [2.75, 3.05) is 5.32 Å². The zero-order chi connectivity index (χ0) is 13.2. The van der Waals surface area contributed by atoms with Crippen molar-refractivity contribution in [1.29, 1.82) is 0 Å². The van der Waals surface area contributed by atoms with Crippen LogP contribution in [0.3, 0.4) is 0 Å². The molecule has 0 saturated carbocycles. The molecule has 0 fully saturated rings. The third-order valence-corrected chi connectivity index (χ3v) is 3.73. The summed E-state index contributed by atoms with van der Waals surface area (Å²) in [5.41, 5.74) is 6.03. The molecule has 96 valence electrons. The van der Waals surface area contributed by atoms with Gasteiger partial charge in [0.25, 0.3) is 0 Å². The number of aromatic nitrogens is 2. The fourth-order valence-corrected chi connectivity index (χ4v) is 2.75. The summed E-state index contributed by atoms with van der Waals surface area (Å²) < 4.78 is 0. The van der Waals surface area contributed by atoms with Crippen LogP contribution < -0.4 is 5.32 Å². The van der Waals surface area contributed by atoms with Crippen LogP contribution in [0, 0.1) is 6.92 Å². The van der Waals surface area contributed by atoms with Gasteiger partial charge in [-0.1, -0.05) is 18.2 Å². The Labute approximate surface area is 116 Å². The third kappa shape index (κ3) is 2.44. The summed E-state index contributed by atoms with van der Waals surface area (Å²) in [6.45, 7) is 4.13. The molecule has 3 aromatic rings. The van der Waals surface area contributed by atoms with Crippen LogP contribution in [0.4, 0.5) is 5.69 Å². The molecule has 0 radical (unpaired) electrons. The second-order valence-electron chi connectivity index (χ2n) is 4.61. The number of benzene rings is 1. The number of hydrogen-bond donors (Lipinski definition) is 1. The van der Waals surface area contributed by atoms with Gasteiger partial charge in [0.1, 0.15) is 0 Å². The second-order valence-corrected chi connectivity index (χ2v) is 5.33. The fraction of sp³-hybridized carbons (Fsp3) is 0.200. The minimum absolute atomic E-state index is 0.180. The van der Waals surface area contributed by atoms with Crippen molar-refractivity contribution >= 4 is 27.9 Å². The number of fused-ring (bicyclic) bond motifs is 1. The summed E-state index contributed by atoms with van der Waals surface area (Å²) in [6.07, 6.45) is 0. The van der Waals surface area contributed by atoms with Crippen LogP contribution in [-0.2, 0) is 0 Å². The largest absolute Gasteiger partial charge is 0.375 e. The van der Waals surface area contributed by atoms with Crippen molar-refractivity contribution < 1.29 is 0 Å². The van der Waals surface area contributed by atoms with Gasteiger partial charge < -0.3 is 5.32 Å². The number of nitrogens with zero attached hydrogens (tertiary/aromatic N) is 2. The highest BCUT2D eigenvalue weighted by Gasteiger charge is 2.09. The molecule has 3 nitrogen and oxygen atoms in total. The van der Waals surface area contributed by atoms with Gasteiger partial charge >= 0.3 is 0 Å². The number of rotatable bonds is 3. The molecule has 0 aliphatic rings. The van der Waals surface area contributed by atoms with Gasteiger partial charge in [-0.3, -0.25) is 4.98 Å². The van der Waals surface area contributed by atoms with Crippen molar-refractivity contribution in [1.82, 2.24) is 9.97 Å². The highest BCUT2D eigenvalue weighted by Crippen LogP contribution is 2.25. The highest BCUT2D eigenvalue weighted by atomic mass is 32.1. The lowest BCUT2D eigenvalue weighted by Gasteiger charge is -2.14. The third-order valence-electron chi connectivity index (χ3n) is 3.13. The van der Waals surface area contributed by atoms with Crippen LogP contribution in [0.2, 0.25) is 0 Å². The van der Waals surface area contributed by atoms with Crippen LogP contribution in [0.15, 0.2) is 41.2 Å². The van der Waals surface area contributed by atoms with Crippen molar-refractivity contribution in [2.24, 2.45) is 0 Å². The maximum Gasteiger partial charge on any atom is 0.0936 e. The van der Waals surface area contributed by atoms with E-state index in [1.54, 1.807) is 11.3 Å². The smallest absolute Gasteiger partial charge is 0.0936 e. The maximum atomic E-state index is 4.63. The summed E-state index contributed by atoms with van der Waals surface area (Å²) in [5, 5.41) is 6.72. The van der Waals surface area contributed by atoms with E-state index >= 15 is 0 Å². The summed E-state index contributed by atoms with van der Waals surface area (Å²) in [4.78, 5) is 8.98. The van der Waals surface area contributed by atoms with Crippen molar-refractivity contribution in [3.8, 4) is 0 Å². The normalized spacial score (nSPS) is 12.5. The van der Waals surface area contributed by atoms with E-state index in [2.05, 4.69) is 51.9 Å². The molecule has 4 heteroatoms. The molecule has 0 saturated heterocycles. The van der Waals surface area contributed by atoms with E-state index < -0.39 is 0 Å². The minimum atomic E-state index is 0.180. The molecule has 1 aromatic carbocycles. The van der Waals surface area contributed by atoms with Gasteiger partial charge in [0.15, 0.2) is 0 Å². The number of hydrogen-bond acceptors (Lipinski definition) is 4. The zero-order valence-corrected chi connectivity index (χ0v) is 11.7. The van der Waals surface area contributed by atoms with E-state index in [0.717, 1.165) is 28.0 Å². The monoisotopic (exact) mass is 269 g/mol. The summed E-state index contributed by atoms with van der Waals surface area (Å²) >= 11 is 1.62. The molecule has 1 atom stereocenters. The first-order valence-electron chi connectivity index (χ1n) is 6.25. The van der Waals surface area contributed by atoms with Gasteiger partial charge in [0.05, 0.1) is 28.5 Å². The van der Waals surface area contributed by atoms with Crippen molar-refractivity contribution in [3.05, 3.63) is 52.6 Å². The van der Waals surface area contributed by atoms with Crippen LogP contribution in [0.5, 0.6) is 0 Å². The Morgan fingerprint density at radius 2 is 2.11 bits per heavy atom. The molecule has 2 aromatic heterocycles. The molecule has 2 heterocycles. The van der Waals surface area contributed by atoms with E-state index in [-0.39, 0.29) is 6.04 Å². The predicted molar refractivity (Wildman–Crippen MR) is 80.6 cm³/mol. The van der Waals surface area contributed by atoms with Crippen LogP contribution in [0.1, 0.15) is 24.4 Å². The molecule has 1 N–H and O–H groups in total. The first-order valence-corrected chi connectivity index (χ1v) is 7.19. The second kappa shape index (κ2) is 4.97. The van der Waals surface area contributed by atoms with Gasteiger partial charge in [-0.05, 0) is 26.0 Å². The molecule has 0 spiro atoms. The molecule has 0 amide bonds. The lowest BCUT2D eigenvalue weighted by atomic mass is 10.1. The lowest BCUT2D eigenvalue weighted by Crippen LogP contribution is -2.07. The number of nitrogens with one attached hydrogen (secondary N) is 1. The van der Waals surface area contributed by atoms with E-state index in [1.807, 2.05) is 18.5 Å². The number of pyridine rings is 1. The molecular formula is C15H15N3S. The van der Waals surface area contributed by atoms with E-state index in [0.29, 0.717) is 0 Å². The average molecular weight is 269 g/mol. The molecule has 19 heavy (non-hydrogen) atoms. The predicted octanol–water partition coefficient (Wildman–Crippen LogP) is 4.17. The highest BCUT2D eigenvalue weighted by molar-refractivity contribution is 7.07. The Balaban J connectivity index is 1.98. The van der Waals surface area contributed by atoms with E-state index in [1.165, 1.54) is 0 Å².